The summed E-state index contributed by atoms with van der Waals surface area (Å²) in [6.07, 6.45) is -1.78. The van der Waals surface area contributed by atoms with Crippen LogP contribution >= 0.6 is 0 Å². The summed E-state index contributed by atoms with van der Waals surface area (Å²) in [5.74, 6) is -4.02. The molecule has 2 aromatic heterocycles. The van der Waals surface area contributed by atoms with Gasteiger partial charge in [0.1, 0.15) is 23.1 Å². The number of para-hydroxylation sites is 1. The first-order valence-electron chi connectivity index (χ1n) is 11.4. The van der Waals surface area contributed by atoms with E-state index in [0.717, 1.165) is 24.4 Å². The molecule has 1 aliphatic heterocycles. The van der Waals surface area contributed by atoms with Crippen molar-refractivity contribution >= 4 is 17.5 Å². The van der Waals surface area contributed by atoms with Crippen molar-refractivity contribution in [2.75, 3.05) is 25.0 Å². The highest BCUT2D eigenvalue weighted by molar-refractivity contribution is 5.98. The molecule has 3 aromatic rings. The van der Waals surface area contributed by atoms with Gasteiger partial charge in [0, 0.05) is 37.5 Å². The highest BCUT2D eigenvalue weighted by Gasteiger charge is 2.35. The van der Waals surface area contributed by atoms with Gasteiger partial charge in [0.05, 0.1) is 11.3 Å². The van der Waals surface area contributed by atoms with E-state index in [9.17, 15) is 31.5 Å². The number of anilines is 1. The quantitative estimate of drug-likeness (QED) is 0.364. The number of carbonyl (C=O) groups excluding carboxylic acids is 2. The van der Waals surface area contributed by atoms with Gasteiger partial charge in [0.2, 0.25) is 17.5 Å². The number of urea groups is 1. The molecule has 38 heavy (non-hydrogen) atoms. The molecule has 1 N–H and O–H groups in total. The number of hydrogen-bond acceptors (Lipinski definition) is 7. The zero-order valence-electron chi connectivity index (χ0n) is 19.9. The molecule has 4 rings (SSSR count). The van der Waals surface area contributed by atoms with E-state index >= 15 is 0 Å². The SMILES string of the molecule is Cc1ncc(C(=O)COc2ccnc(C(F)(F)F)n2)c(C2CCN(C(=O)Nc3c(F)cccc3F)CC2)n1. The minimum absolute atomic E-state index is 0.136. The Labute approximate surface area is 213 Å². The van der Waals surface area contributed by atoms with Gasteiger partial charge < -0.3 is 15.0 Å². The van der Waals surface area contributed by atoms with Gasteiger partial charge in [-0.1, -0.05) is 6.07 Å². The van der Waals surface area contributed by atoms with Crippen LogP contribution in [0.2, 0.25) is 0 Å². The molecular weight excluding hydrogens is 515 g/mol. The van der Waals surface area contributed by atoms with E-state index in [-0.39, 0.29) is 24.6 Å². The van der Waals surface area contributed by atoms with Crippen LogP contribution < -0.4 is 10.1 Å². The zero-order chi connectivity index (χ0) is 27.4. The normalized spacial score (nSPS) is 14.3. The number of likely N-dealkylation sites (tertiary alicyclic amines) is 1. The summed E-state index contributed by atoms with van der Waals surface area (Å²) in [6, 6.07) is 3.68. The van der Waals surface area contributed by atoms with Crippen molar-refractivity contribution in [1.29, 1.82) is 0 Å². The van der Waals surface area contributed by atoms with E-state index in [0.29, 0.717) is 24.4 Å². The summed E-state index contributed by atoms with van der Waals surface area (Å²) in [5, 5.41) is 2.25. The molecule has 0 radical (unpaired) electrons. The number of halogens is 5. The number of nitrogens with one attached hydrogen (secondary N) is 1. The Kier molecular flexibility index (Phi) is 7.78. The number of hydrogen-bond donors (Lipinski definition) is 1. The third-order valence-electron chi connectivity index (χ3n) is 5.84. The lowest BCUT2D eigenvalue weighted by Gasteiger charge is -2.32. The Morgan fingerprint density at radius 1 is 1.08 bits per heavy atom. The molecule has 0 atom stereocenters. The van der Waals surface area contributed by atoms with E-state index in [1.54, 1.807) is 6.92 Å². The predicted octanol–water partition coefficient (Wildman–Crippen LogP) is 4.55. The number of alkyl halides is 3. The molecule has 2 amide bonds. The third-order valence-corrected chi connectivity index (χ3v) is 5.84. The first kappa shape index (κ1) is 26.8. The van der Waals surface area contributed by atoms with Gasteiger partial charge in [0.15, 0.2) is 6.61 Å². The molecule has 0 spiro atoms. The molecule has 1 aromatic carbocycles. The Balaban J connectivity index is 1.41. The van der Waals surface area contributed by atoms with Crippen molar-refractivity contribution in [3.8, 4) is 5.88 Å². The third kappa shape index (κ3) is 6.18. The fraction of sp³-hybridized carbons (Fsp3) is 0.333. The molecule has 0 bridgehead atoms. The summed E-state index contributed by atoms with van der Waals surface area (Å²) in [5.41, 5.74) is 0.0203. The number of rotatable bonds is 6. The van der Waals surface area contributed by atoms with E-state index in [1.807, 2.05) is 0 Å². The minimum atomic E-state index is -4.77. The zero-order valence-corrected chi connectivity index (χ0v) is 19.9. The van der Waals surface area contributed by atoms with Gasteiger partial charge in [-0.3, -0.25) is 4.79 Å². The largest absolute Gasteiger partial charge is 0.469 e. The van der Waals surface area contributed by atoms with Crippen molar-refractivity contribution in [2.45, 2.75) is 31.9 Å². The second-order valence-corrected chi connectivity index (χ2v) is 8.43. The van der Waals surface area contributed by atoms with Crippen LogP contribution in [0.25, 0.3) is 0 Å². The van der Waals surface area contributed by atoms with Gasteiger partial charge in [-0.15, -0.1) is 0 Å². The van der Waals surface area contributed by atoms with Gasteiger partial charge in [-0.25, -0.2) is 28.5 Å². The van der Waals surface area contributed by atoms with Crippen LogP contribution in [0.1, 0.15) is 46.5 Å². The molecule has 9 nitrogen and oxygen atoms in total. The standard InChI is InChI=1S/C24H21F5N6O3/c1-13-31-11-15(18(36)12-38-19-5-8-30-22(33-19)24(27,28)29)20(32-13)14-6-9-35(10-7-14)23(37)34-21-16(25)3-2-4-17(21)26/h2-5,8,11,14H,6-7,9-10,12H2,1H3,(H,34,37). The van der Waals surface area contributed by atoms with Crippen LogP contribution in [0.3, 0.4) is 0 Å². The van der Waals surface area contributed by atoms with Gasteiger partial charge in [-0.05, 0) is 31.9 Å². The fourth-order valence-corrected chi connectivity index (χ4v) is 3.95. The number of Topliss-reactive ketones (excluding diaryl/α,β-unsaturated/α-hetero) is 1. The van der Waals surface area contributed by atoms with E-state index < -0.39 is 53.6 Å². The van der Waals surface area contributed by atoms with Crippen molar-refractivity contribution in [2.24, 2.45) is 0 Å². The maximum Gasteiger partial charge on any atom is 0.451 e. The Morgan fingerprint density at radius 2 is 1.76 bits per heavy atom. The Hall–Kier alpha value is -4.23. The van der Waals surface area contributed by atoms with Gasteiger partial charge >= 0.3 is 12.2 Å². The van der Waals surface area contributed by atoms with Crippen molar-refractivity contribution < 1.29 is 36.3 Å². The molecule has 0 aliphatic carbocycles. The number of nitrogens with zero attached hydrogens (tertiary/aromatic N) is 5. The number of carbonyl (C=O) groups is 2. The topological polar surface area (TPSA) is 110 Å². The number of ether oxygens (including phenoxy) is 1. The van der Waals surface area contributed by atoms with Crippen LogP contribution in [0.4, 0.5) is 32.4 Å². The molecule has 1 aliphatic rings. The lowest BCUT2D eigenvalue weighted by atomic mass is 9.90. The summed E-state index contributed by atoms with van der Waals surface area (Å²) >= 11 is 0. The molecule has 14 heteroatoms. The van der Waals surface area contributed by atoms with E-state index in [2.05, 4.69) is 25.3 Å². The number of ketones is 1. The predicted molar refractivity (Wildman–Crippen MR) is 123 cm³/mol. The average Bonchev–Trinajstić information content (AvgIpc) is 2.89. The Bertz CT molecular complexity index is 1330. The average molecular weight is 536 g/mol. The van der Waals surface area contributed by atoms with Gasteiger partial charge in [0.25, 0.3) is 0 Å². The fourth-order valence-electron chi connectivity index (χ4n) is 3.95. The van der Waals surface area contributed by atoms with E-state index in [1.165, 1.54) is 17.2 Å². The number of amides is 2. The maximum absolute atomic E-state index is 13.9. The number of piperidine rings is 1. The van der Waals surface area contributed by atoms with Crippen molar-refractivity contribution in [3.05, 3.63) is 71.2 Å². The number of benzene rings is 1. The molecule has 1 fully saturated rings. The maximum atomic E-state index is 13.9. The van der Waals surface area contributed by atoms with E-state index in [4.69, 9.17) is 4.74 Å². The highest BCUT2D eigenvalue weighted by Crippen LogP contribution is 2.30. The van der Waals surface area contributed by atoms with Crippen molar-refractivity contribution in [1.82, 2.24) is 24.8 Å². The van der Waals surface area contributed by atoms with Crippen LogP contribution in [0.15, 0.2) is 36.7 Å². The number of aromatic nitrogens is 4. The molecule has 0 saturated carbocycles. The molecular formula is C24H21F5N6O3. The first-order valence-corrected chi connectivity index (χ1v) is 11.4. The van der Waals surface area contributed by atoms with Crippen LogP contribution in [0, 0.1) is 18.6 Å². The second kappa shape index (κ2) is 11.0. The molecule has 0 unspecified atom stereocenters. The van der Waals surface area contributed by atoms with Crippen LogP contribution in [-0.4, -0.2) is 56.3 Å². The highest BCUT2D eigenvalue weighted by atomic mass is 19.4. The molecule has 200 valence electrons. The van der Waals surface area contributed by atoms with Crippen LogP contribution in [-0.2, 0) is 6.18 Å². The minimum Gasteiger partial charge on any atom is -0.469 e. The van der Waals surface area contributed by atoms with Crippen molar-refractivity contribution in [3.63, 3.8) is 0 Å². The number of aryl methyl sites for hydroxylation is 1. The Morgan fingerprint density at radius 3 is 2.42 bits per heavy atom. The lowest BCUT2D eigenvalue weighted by Crippen LogP contribution is -2.41. The molecule has 3 heterocycles. The summed E-state index contributed by atoms with van der Waals surface area (Å²) in [6.45, 7) is 1.48. The summed E-state index contributed by atoms with van der Waals surface area (Å²) < 4.78 is 71.4. The lowest BCUT2D eigenvalue weighted by molar-refractivity contribution is -0.145. The smallest absolute Gasteiger partial charge is 0.451 e. The van der Waals surface area contributed by atoms with Crippen LogP contribution in [0.5, 0.6) is 5.88 Å². The second-order valence-electron chi connectivity index (χ2n) is 8.43. The summed E-state index contributed by atoms with van der Waals surface area (Å²) in [7, 11) is 0. The first-order chi connectivity index (χ1) is 18.0. The molecule has 1 saturated heterocycles. The monoisotopic (exact) mass is 536 g/mol. The summed E-state index contributed by atoms with van der Waals surface area (Å²) in [4.78, 5) is 41.7. The van der Waals surface area contributed by atoms with Gasteiger partial charge in [-0.2, -0.15) is 18.2 Å².